The van der Waals surface area contributed by atoms with Gasteiger partial charge in [-0.15, -0.1) is 12.4 Å². The van der Waals surface area contributed by atoms with Crippen molar-refractivity contribution in [2.45, 2.75) is 51.0 Å². The molecular formula is C19H28ClNO3. The Morgan fingerprint density at radius 3 is 2.38 bits per heavy atom. The van der Waals surface area contributed by atoms with Crippen LogP contribution in [-0.2, 0) is 16.8 Å². The largest absolute Gasteiger partial charge is 0.493 e. The van der Waals surface area contributed by atoms with Gasteiger partial charge in [-0.25, -0.2) is 0 Å². The molecule has 1 aliphatic carbocycles. The number of Topliss-reactive ketones (excluding diaryl/α,β-unsaturated/α-hetero) is 1. The maximum atomic E-state index is 11.4. The average Bonchev–Trinajstić information content (AvgIpc) is 3.00. The van der Waals surface area contributed by atoms with Crippen LogP contribution in [0.1, 0.15) is 50.2 Å². The first-order valence-corrected chi connectivity index (χ1v) is 8.55. The predicted octanol–water partition coefficient (Wildman–Crippen LogP) is 3.73. The smallest absolute Gasteiger partial charge is 0.161 e. The molecule has 4 nitrogen and oxygen atoms in total. The topological polar surface area (TPSA) is 38.8 Å². The highest BCUT2D eigenvalue weighted by Crippen LogP contribution is 2.48. The van der Waals surface area contributed by atoms with E-state index in [-0.39, 0.29) is 23.6 Å². The summed E-state index contributed by atoms with van der Waals surface area (Å²) in [6.07, 6.45) is 5.67. The molecule has 0 N–H and O–H groups in total. The number of rotatable bonds is 5. The summed E-state index contributed by atoms with van der Waals surface area (Å²) in [5.41, 5.74) is 3.00. The van der Waals surface area contributed by atoms with E-state index in [1.807, 2.05) is 0 Å². The van der Waals surface area contributed by atoms with Crippen molar-refractivity contribution in [2.24, 2.45) is 0 Å². The summed E-state index contributed by atoms with van der Waals surface area (Å²) in [5.74, 6) is 1.89. The number of carbonyl (C=O) groups is 1. The van der Waals surface area contributed by atoms with E-state index < -0.39 is 0 Å². The van der Waals surface area contributed by atoms with Crippen LogP contribution >= 0.6 is 12.4 Å². The first kappa shape index (κ1) is 19.1. The highest BCUT2D eigenvalue weighted by molar-refractivity contribution is 5.85. The molecule has 5 heteroatoms. The number of methoxy groups -OCH3 is 2. The first-order valence-electron chi connectivity index (χ1n) is 8.55. The predicted molar refractivity (Wildman–Crippen MR) is 97.5 cm³/mol. The molecule has 3 rings (SSSR count). The molecule has 1 saturated carbocycles. The number of hydrogen-bond acceptors (Lipinski definition) is 4. The van der Waals surface area contributed by atoms with Gasteiger partial charge in [-0.05, 0) is 43.0 Å². The molecule has 1 spiro atoms. The molecule has 0 aromatic heterocycles. The molecule has 1 fully saturated rings. The molecular weight excluding hydrogens is 326 g/mol. The molecule has 0 amide bonds. The van der Waals surface area contributed by atoms with Crippen molar-refractivity contribution in [1.82, 2.24) is 4.90 Å². The summed E-state index contributed by atoms with van der Waals surface area (Å²) in [6, 6.07) is 4.33. The number of halogens is 1. The minimum absolute atomic E-state index is 0. The Morgan fingerprint density at radius 2 is 1.79 bits per heavy atom. The molecule has 134 valence electrons. The van der Waals surface area contributed by atoms with Crippen LogP contribution in [0.25, 0.3) is 0 Å². The zero-order valence-electron chi connectivity index (χ0n) is 14.9. The van der Waals surface area contributed by atoms with Crippen molar-refractivity contribution < 1.29 is 14.3 Å². The fourth-order valence-electron chi connectivity index (χ4n) is 4.31. The lowest BCUT2D eigenvalue weighted by atomic mass is 9.73. The molecule has 0 bridgehead atoms. The van der Waals surface area contributed by atoms with E-state index in [1.165, 1.54) is 36.8 Å². The van der Waals surface area contributed by atoms with Gasteiger partial charge < -0.3 is 9.47 Å². The Morgan fingerprint density at radius 1 is 1.17 bits per heavy atom. The van der Waals surface area contributed by atoms with Crippen LogP contribution in [0.2, 0.25) is 0 Å². The molecule has 0 unspecified atom stereocenters. The molecule has 24 heavy (non-hydrogen) atoms. The Kier molecular flexibility index (Phi) is 6.16. The van der Waals surface area contributed by atoms with E-state index in [2.05, 4.69) is 17.0 Å². The van der Waals surface area contributed by atoms with Crippen LogP contribution in [0.4, 0.5) is 0 Å². The number of ether oxygens (including phenoxy) is 2. The third kappa shape index (κ3) is 3.55. The zero-order valence-corrected chi connectivity index (χ0v) is 15.7. The van der Waals surface area contributed by atoms with Crippen LogP contribution in [0.5, 0.6) is 11.5 Å². The number of fused-ring (bicyclic) bond motifs is 2. The van der Waals surface area contributed by atoms with E-state index in [9.17, 15) is 4.79 Å². The fourth-order valence-corrected chi connectivity index (χ4v) is 4.31. The van der Waals surface area contributed by atoms with E-state index in [0.717, 1.165) is 31.1 Å². The van der Waals surface area contributed by atoms with E-state index in [4.69, 9.17) is 9.47 Å². The normalized spacial score (nSPS) is 18.8. The summed E-state index contributed by atoms with van der Waals surface area (Å²) in [5, 5.41) is 0. The van der Waals surface area contributed by atoms with E-state index >= 15 is 0 Å². The van der Waals surface area contributed by atoms with Gasteiger partial charge in [0.1, 0.15) is 5.78 Å². The van der Waals surface area contributed by atoms with Gasteiger partial charge in [0.25, 0.3) is 0 Å². The van der Waals surface area contributed by atoms with Gasteiger partial charge in [-0.1, -0.05) is 12.8 Å². The van der Waals surface area contributed by atoms with Crippen LogP contribution in [0, 0.1) is 0 Å². The third-order valence-corrected chi connectivity index (χ3v) is 5.44. The highest BCUT2D eigenvalue weighted by Gasteiger charge is 2.42. The monoisotopic (exact) mass is 353 g/mol. The molecule has 1 aliphatic heterocycles. The SMILES string of the molecule is COc1cc2c(cc1OC)C1(CCCC1)CN(CCC(C)=O)C2.Cl. The Balaban J connectivity index is 0.00000208. The van der Waals surface area contributed by atoms with Gasteiger partial charge in [0, 0.05) is 31.5 Å². The van der Waals surface area contributed by atoms with Gasteiger partial charge in [-0.3, -0.25) is 9.69 Å². The van der Waals surface area contributed by atoms with Gasteiger partial charge in [0.2, 0.25) is 0 Å². The minimum Gasteiger partial charge on any atom is -0.493 e. The van der Waals surface area contributed by atoms with Crippen molar-refractivity contribution in [3.63, 3.8) is 0 Å². The number of hydrogen-bond donors (Lipinski definition) is 0. The van der Waals surface area contributed by atoms with Crippen LogP contribution < -0.4 is 9.47 Å². The van der Waals surface area contributed by atoms with E-state index in [0.29, 0.717) is 6.42 Å². The van der Waals surface area contributed by atoms with Crippen LogP contribution in [0.15, 0.2) is 12.1 Å². The van der Waals surface area contributed by atoms with Gasteiger partial charge in [0.05, 0.1) is 14.2 Å². The highest BCUT2D eigenvalue weighted by atomic mass is 35.5. The number of nitrogens with zero attached hydrogens (tertiary/aromatic N) is 1. The van der Waals surface area contributed by atoms with Crippen LogP contribution in [0.3, 0.4) is 0 Å². The Hall–Kier alpha value is -1.26. The standard InChI is InChI=1S/C19H27NO3.ClH/c1-14(21)6-9-20-12-15-10-17(22-2)18(23-3)11-16(15)19(13-20)7-4-5-8-19;/h10-11H,4-9,12-13H2,1-3H3;1H. The lowest BCUT2D eigenvalue weighted by molar-refractivity contribution is -0.117. The van der Waals surface area contributed by atoms with Crippen molar-refractivity contribution >= 4 is 18.2 Å². The molecule has 0 atom stereocenters. The summed E-state index contributed by atoms with van der Waals surface area (Å²) >= 11 is 0. The maximum Gasteiger partial charge on any atom is 0.161 e. The second kappa shape index (κ2) is 7.75. The van der Waals surface area contributed by atoms with Crippen LogP contribution in [-0.4, -0.2) is 38.0 Å². The number of carbonyl (C=O) groups excluding carboxylic acids is 1. The van der Waals surface area contributed by atoms with Crippen molar-refractivity contribution in [2.75, 3.05) is 27.3 Å². The Labute approximate surface area is 150 Å². The summed E-state index contributed by atoms with van der Waals surface area (Å²) < 4.78 is 11.0. The molecule has 1 heterocycles. The molecule has 0 saturated heterocycles. The van der Waals surface area contributed by atoms with E-state index in [1.54, 1.807) is 21.1 Å². The minimum atomic E-state index is 0. The first-order chi connectivity index (χ1) is 11.1. The molecule has 2 aliphatic rings. The third-order valence-electron chi connectivity index (χ3n) is 5.44. The van der Waals surface area contributed by atoms with Gasteiger partial charge in [-0.2, -0.15) is 0 Å². The van der Waals surface area contributed by atoms with Crippen molar-refractivity contribution in [1.29, 1.82) is 0 Å². The summed E-state index contributed by atoms with van der Waals surface area (Å²) in [7, 11) is 3.39. The maximum absolute atomic E-state index is 11.4. The Bertz CT molecular complexity index is 597. The number of benzene rings is 1. The molecule has 1 aromatic rings. The van der Waals surface area contributed by atoms with Gasteiger partial charge >= 0.3 is 0 Å². The summed E-state index contributed by atoms with van der Waals surface area (Å²) in [4.78, 5) is 13.8. The average molecular weight is 354 g/mol. The molecule has 1 aromatic carbocycles. The summed E-state index contributed by atoms with van der Waals surface area (Å²) in [6.45, 7) is 4.48. The lowest BCUT2D eigenvalue weighted by Gasteiger charge is -2.42. The van der Waals surface area contributed by atoms with Gasteiger partial charge in [0.15, 0.2) is 11.5 Å². The second-order valence-electron chi connectivity index (χ2n) is 7.01. The van der Waals surface area contributed by atoms with Crippen molar-refractivity contribution in [3.8, 4) is 11.5 Å². The number of ketones is 1. The van der Waals surface area contributed by atoms with Crippen molar-refractivity contribution in [3.05, 3.63) is 23.3 Å². The lowest BCUT2D eigenvalue weighted by Crippen LogP contribution is -2.44. The quantitative estimate of drug-likeness (QED) is 0.808. The zero-order chi connectivity index (χ0) is 16.4. The fraction of sp³-hybridized carbons (Fsp3) is 0.632. The molecule has 0 radical (unpaired) electrons. The second-order valence-corrected chi connectivity index (χ2v) is 7.01.